The number of hydrogen-bond donors (Lipinski definition) is 1. The van der Waals surface area contributed by atoms with Crippen molar-refractivity contribution in [2.75, 3.05) is 0 Å². The van der Waals surface area contributed by atoms with Crippen molar-refractivity contribution < 1.29 is 5.11 Å². The van der Waals surface area contributed by atoms with Crippen molar-refractivity contribution in [3.8, 4) is 0 Å². The Kier molecular flexibility index (Phi) is 4.10. The van der Waals surface area contributed by atoms with Gasteiger partial charge in [0, 0.05) is 43.3 Å². The maximum absolute atomic E-state index is 10.3. The lowest BCUT2D eigenvalue weighted by molar-refractivity contribution is 0.173. The van der Waals surface area contributed by atoms with Crippen molar-refractivity contribution >= 4 is 0 Å². The van der Waals surface area contributed by atoms with E-state index in [2.05, 4.69) is 21.5 Å². The van der Waals surface area contributed by atoms with E-state index >= 15 is 0 Å². The summed E-state index contributed by atoms with van der Waals surface area (Å²) in [5.74, 6) is 0.924. The van der Waals surface area contributed by atoms with Crippen LogP contribution < -0.4 is 0 Å². The number of aromatic nitrogens is 3. The number of rotatable bonds is 5. The minimum atomic E-state index is -0.545. The zero-order valence-electron chi connectivity index (χ0n) is 10.9. The Bertz CT molecular complexity index is 507. The van der Waals surface area contributed by atoms with Gasteiger partial charge < -0.3 is 9.67 Å². The van der Waals surface area contributed by atoms with Gasteiger partial charge in [0.1, 0.15) is 5.82 Å². The summed E-state index contributed by atoms with van der Waals surface area (Å²) in [5.41, 5.74) is 1.94. The number of nitrogens with zero attached hydrogens (tertiary/aromatic N) is 3. The fourth-order valence-corrected chi connectivity index (χ4v) is 2.08. The lowest BCUT2D eigenvalue weighted by atomic mass is 10.0. The first-order valence-electron chi connectivity index (χ1n) is 6.31. The highest BCUT2D eigenvalue weighted by Crippen LogP contribution is 2.20. The molecule has 0 radical (unpaired) electrons. The number of pyridine rings is 1. The second-order valence-electron chi connectivity index (χ2n) is 4.49. The SMILES string of the molecule is CCCn1ccnc1CC(O)c1cnccc1C. The maximum Gasteiger partial charge on any atom is 0.111 e. The molecule has 0 aliphatic rings. The lowest BCUT2D eigenvalue weighted by Crippen LogP contribution is -2.10. The molecule has 0 fully saturated rings. The zero-order valence-corrected chi connectivity index (χ0v) is 10.9. The Hall–Kier alpha value is -1.68. The maximum atomic E-state index is 10.3. The van der Waals surface area contributed by atoms with E-state index in [9.17, 15) is 5.11 Å². The van der Waals surface area contributed by atoms with Gasteiger partial charge in [-0.1, -0.05) is 6.92 Å². The predicted octanol–water partition coefficient (Wildman–Crippen LogP) is 2.27. The van der Waals surface area contributed by atoms with Gasteiger partial charge >= 0.3 is 0 Å². The minimum Gasteiger partial charge on any atom is -0.388 e. The van der Waals surface area contributed by atoms with Gasteiger partial charge in [-0.25, -0.2) is 4.98 Å². The van der Waals surface area contributed by atoms with Crippen LogP contribution in [-0.2, 0) is 13.0 Å². The molecule has 0 aromatic carbocycles. The van der Waals surface area contributed by atoms with Gasteiger partial charge in [0.05, 0.1) is 6.10 Å². The van der Waals surface area contributed by atoms with Gasteiger partial charge in [0.15, 0.2) is 0 Å². The van der Waals surface area contributed by atoms with E-state index in [0.29, 0.717) is 6.42 Å². The van der Waals surface area contributed by atoms with E-state index in [1.807, 2.05) is 19.2 Å². The topological polar surface area (TPSA) is 50.9 Å². The smallest absolute Gasteiger partial charge is 0.111 e. The number of imidazole rings is 1. The third-order valence-electron chi connectivity index (χ3n) is 3.08. The van der Waals surface area contributed by atoms with Crippen molar-refractivity contribution in [2.24, 2.45) is 0 Å². The quantitative estimate of drug-likeness (QED) is 0.879. The summed E-state index contributed by atoms with van der Waals surface area (Å²) in [4.78, 5) is 8.38. The summed E-state index contributed by atoms with van der Waals surface area (Å²) in [7, 11) is 0. The third kappa shape index (κ3) is 2.76. The van der Waals surface area contributed by atoms with Gasteiger partial charge in [-0.3, -0.25) is 4.98 Å². The molecule has 0 spiro atoms. The standard InChI is InChI=1S/C14H19N3O/c1-3-7-17-8-6-16-14(17)9-13(18)12-10-15-5-4-11(12)2/h4-6,8,10,13,18H,3,7,9H2,1-2H3. The molecule has 2 rings (SSSR count). The minimum absolute atomic E-state index is 0.527. The highest BCUT2D eigenvalue weighted by atomic mass is 16.3. The van der Waals surface area contributed by atoms with E-state index in [1.165, 1.54) is 0 Å². The van der Waals surface area contributed by atoms with E-state index < -0.39 is 6.10 Å². The van der Waals surface area contributed by atoms with Crippen LogP contribution in [0.4, 0.5) is 0 Å². The van der Waals surface area contributed by atoms with Crippen LogP contribution in [0, 0.1) is 6.92 Å². The second-order valence-corrected chi connectivity index (χ2v) is 4.49. The Morgan fingerprint density at radius 2 is 2.22 bits per heavy atom. The van der Waals surface area contributed by atoms with Crippen LogP contribution >= 0.6 is 0 Å². The summed E-state index contributed by atoms with van der Waals surface area (Å²) >= 11 is 0. The Morgan fingerprint density at radius 1 is 1.39 bits per heavy atom. The molecule has 0 amide bonds. The average molecular weight is 245 g/mol. The first-order chi connectivity index (χ1) is 8.72. The first-order valence-corrected chi connectivity index (χ1v) is 6.31. The summed E-state index contributed by atoms with van der Waals surface area (Å²) in [6, 6.07) is 1.91. The summed E-state index contributed by atoms with van der Waals surface area (Å²) in [5, 5.41) is 10.3. The van der Waals surface area contributed by atoms with E-state index in [4.69, 9.17) is 0 Å². The van der Waals surface area contributed by atoms with Gasteiger partial charge in [0.25, 0.3) is 0 Å². The average Bonchev–Trinajstić information content (AvgIpc) is 2.78. The highest BCUT2D eigenvalue weighted by Gasteiger charge is 2.14. The van der Waals surface area contributed by atoms with Crippen molar-refractivity contribution in [1.29, 1.82) is 0 Å². The molecule has 0 aliphatic heterocycles. The van der Waals surface area contributed by atoms with Crippen LogP contribution in [0.1, 0.15) is 36.4 Å². The summed E-state index contributed by atoms with van der Waals surface area (Å²) < 4.78 is 2.09. The molecule has 2 aromatic rings. The molecular weight excluding hydrogens is 226 g/mol. The van der Waals surface area contributed by atoms with Crippen molar-refractivity contribution in [3.05, 3.63) is 47.8 Å². The predicted molar refractivity (Wildman–Crippen MR) is 70.2 cm³/mol. The molecular formula is C14H19N3O. The van der Waals surface area contributed by atoms with E-state index in [0.717, 1.165) is 29.9 Å². The van der Waals surface area contributed by atoms with Crippen molar-refractivity contribution in [3.63, 3.8) is 0 Å². The van der Waals surface area contributed by atoms with E-state index in [1.54, 1.807) is 18.6 Å². The monoisotopic (exact) mass is 245 g/mol. The van der Waals surface area contributed by atoms with Crippen LogP contribution in [0.3, 0.4) is 0 Å². The number of aryl methyl sites for hydroxylation is 2. The van der Waals surface area contributed by atoms with Crippen molar-refractivity contribution in [1.82, 2.24) is 14.5 Å². The summed E-state index contributed by atoms with van der Waals surface area (Å²) in [6.45, 7) is 5.05. The summed E-state index contributed by atoms with van der Waals surface area (Å²) in [6.07, 6.45) is 8.26. The molecule has 18 heavy (non-hydrogen) atoms. The molecule has 2 heterocycles. The molecule has 0 saturated heterocycles. The van der Waals surface area contributed by atoms with Crippen LogP contribution in [0.2, 0.25) is 0 Å². The van der Waals surface area contributed by atoms with Crippen LogP contribution in [0.15, 0.2) is 30.9 Å². The number of hydrogen-bond acceptors (Lipinski definition) is 3. The fourth-order valence-electron chi connectivity index (χ4n) is 2.08. The molecule has 1 N–H and O–H groups in total. The van der Waals surface area contributed by atoms with Gasteiger partial charge in [-0.15, -0.1) is 0 Å². The Balaban J connectivity index is 2.14. The van der Waals surface area contributed by atoms with E-state index in [-0.39, 0.29) is 0 Å². The molecule has 4 nitrogen and oxygen atoms in total. The Morgan fingerprint density at radius 3 is 2.94 bits per heavy atom. The highest BCUT2D eigenvalue weighted by molar-refractivity contribution is 5.24. The third-order valence-corrected chi connectivity index (χ3v) is 3.08. The normalized spacial score (nSPS) is 12.6. The van der Waals surface area contributed by atoms with Gasteiger partial charge in [0.2, 0.25) is 0 Å². The largest absolute Gasteiger partial charge is 0.388 e. The van der Waals surface area contributed by atoms with Crippen LogP contribution in [-0.4, -0.2) is 19.6 Å². The molecule has 1 unspecified atom stereocenters. The first kappa shape index (κ1) is 12.8. The molecule has 4 heteroatoms. The molecule has 2 aromatic heterocycles. The second kappa shape index (κ2) is 5.78. The van der Waals surface area contributed by atoms with Gasteiger partial charge in [-0.05, 0) is 25.0 Å². The number of aliphatic hydroxyl groups is 1. The van der Waals surface area contributed by atoms with Crippen LogP contribution in [0.5, 0.6) is 0 Å². The van der Waals surface area contributed by atoms with Crippen LogP contribution in [0.25, 0.3) is 0 Å². The lowest BCUT2D eigenvalue weighted by Gasteiger charge is -2.13. The Labute approximate surface area is 107 Å². The number of aliphatic hydroxyl groups excluding tert-OH is 1. The zero-order chi connectivity index (χ0) is 13.0. The molecule has 0 saturated carbocycles. The molecule has 0 bridgehead atoms. The molecule has 1 atom stereocenters. The van der Waals surface area contributed by atoms with Crippen molar-refractivity contribution in [2.45, 2.75) is 39.3 Å². The van der Waals surface area contributed by atoms with Gasteiger partial charge in [-0.2, -0.15) is 0 Å². The molecule has 96 valence electrons. The molecule has 0 aliphatic carbocycles. The fraction of sp³-hybridized carbons (Fsp3) is 0.429.